The summed E-state index contributed by atoms with van der Waals surface area (Å²) in [7, 11) is 0.190. The molecule has 2 aromatic carbocycles. The van der Waals surface area contributed by atoms with Gasteiger partial charge in [0.15, 0.2) is 26.9 Å². The zero-order valence-corrected chi connectivity index (χ0v) is 24.9. The lowest BCUT2D eigenvalue weighted by atomic mass is 10.2. The molecule has 0 saturated heterocycles. The van der Waals surface area contributed by atoms with E-state index in [0.717, 1.165) is 34.8 Å². The summed E-state index contributed by atoms with van der Waals surface area (Å²) in [5, 5.41) is 8.47. The minimum Gasteiger partial charge on any atom is -0.493 e. The normalized spacial score (nSPS) is 13.0. The fourth-order valence-corrected chi connectivity index (χ4v) is 5.18. The molecule has 1 unspecified atom stereocenters. The van der Waals surface area contributed by atoms with E-state index in [1.54, 1.807) is 31.2 Å². The van der Waals surface area contributed by atoms with E-state index < -0.39 is 20.1 Å². The summed E-state index contributed by atoms with van der Waals surface area (Å²) in [6.07, 6.45) is 1.78. The van der Waals surface area contributed by atoms with Crippen LogP contribution in [0.5, 0.6) is 11.5 Å². The molecule has 44 heavy (non-hydrogen) atoms. The van der Waals surface area contributed by atoms with Crippen molar-refractivity contribution in [2.24, 2.45) is 0 Å². The first-order chi connectivity index (χ1) is 20.9. The first-order valence-corrected chi connectivity index (χ1v) is 14.7. The number of benzene rings is 2. The van der Waals surface area contributed by atoms with Crippen molar-refractivity contribution < 1.29 is 31.4 Å². The summed E-state index contributed by atoms with van der Waals surface area (Å²) >= 11 is 0. The lowest BCUT2D eigenvalue weighted by Gasteiger charge is -2.19. The SMILES string of the molecule is COc1ccc(CN(C)c2ccc(Cn3nc(-c4nc(-c5ccc(S(=N)(=O)C(F)(F)F)cc5)no4)cc3C)cn2)cc1OC. The van der Waals surface area contributed by atoms with Crippen molar-refractivity contribution in [1.29, 1.82) is 4.78 Å². The van der Waals surface area contributed by atoms with Crippen molar-refractivity contribution in [2.45, 2.75) is 30.4 Å². The van der Waals surface area contributed by atoms with Crippen molar-refractivity contribution in [3.63, 3.8) is 0 Å². The maximum absolute atomic E-state index is 12.9. The largest absolute Gasteiger partial charge is 0.493 e. The summed E-state index contributed by atoms with van der Waals surface area (Å²) in [6, 6.07) is 15.9. The first-order valence-electron chi connectivity index (χ1n) is 13.1. The lowest BCUT2D eigenvalue weighted by molar-refractivity contribution is -0.0406. The van der Waals surface area contributed by atoms with Gasteiger partial charge in [0.25, 0.3) is 5.89 Å². The van der Waals surface area contributed by atoms with Crippen LogP contribution >= 0.6 is 0 Å². The van der Waals surface area contributed by atoms with Crippen LogP contribution in [-0.2, 0) is 22.8 Å². The van der Waals surface area contributed by atoms with E-state index >= 15 is 0 Å². The fourth-order valence-electron chi connectivity index (χ4n) is 4.39. The maximum Gasteiger partial charge on any atom is 0.483 e. The van der Waals surface area contributed by atoms with E-state index in [-0.39, 0.29) is 11.7 Å². The third kappa shape index (κ3) is 6.22. The summed E-state index contributed by atoms with van der Waals surface area (Å²) in [5.74, 6) is 2.35. The zero-order valence-electron chi connectivity index (χ0n) is 24.1. The van der Waals surface area contributed by atoms with Crippen LogP contribution in [0.25, 0.3) is 23.0 Å². The molecule has 0 fully saturated rings. The van der Waals surface area contributed by atoms with Crippen LogP contribution in [0.3, 0.4) is 0 Å². The van der Waals surface area contributed by atoms with E-state index in [4.69, 9.17) is 18.8 Å². The number of rotatable bonds is 10. The van der Waals surface area contributed by atoms with Crippen molar-refractivity contribution in [1.82, 2.24) is 24.9 Å². The standard InChI is InChI=1S/C29H28F3N7O4S/c1-18-13-23(28-35-27(37-43-28)21-7-9-22(10-8-21)44(33,40)29(30,31)32)36-39(18)17-20-6-12-26(34-15-20)38(2)16-19-5-11-24(41-3)25(14-19)42-4/h5-15,33H,16-17H2,1-4H3. The van der Waals surface area contributed by atoms with Crippen LogP contribution in [0, 0.1) is 11.7 Å². The Bertz CT molecular complexity index is 1870. The van der Waals surface area contributed by atoms with Crippen molar-refractivity contribution in [3.05, 3.63) is 83.7 Å². The van der Waals surface area contributed by atoms with Gasteiger partial charge in [-0.1, -0.05) is 17.3 Å². The maximum atomic E-state index is 12.9. The van der Waals surface area contributed by atoms with E-state index in [2.05, 4.69) is 20.2 Å². The molecule has 0 radical (unpaired) electrons. The number of ether oxygens (including phenoxy) is 2. The van der Waals surface area contributed by atoms with Crippen LogP contribution < -0.4 is 14.4 Å². The summed E-state index contributed by atoms with van der Waals surface area (Å²) in [4.78, 5) is 10.3. The number of anilines is 1. The molecule has 0 spiro atoms. The average molecular weight is 628 g/mol. The van der Waals surface area contributed by atoms with Gasteiger partial charge in [0.05, 0.1) is 25.7 Å². The second kappa shape index (κ2) is 12.0. The van der Waals surface area contributed by atoms with Gasteiger partial charge in [-0.3, -0.25) is 4.68 Å². The smallest absolute Gasteiger partial charge is 0.483 e. The molecule has 0 bridgehead atoms. The number of aromatic nitrogens is 5. The highest BCUT2D eigenvalue weighted by atomic mass is 32.2. The van der Waals surface area contributed by atoms with E-state index in [1.807, 2.05) is 49.2 Å². The number of nitrogens with one attached hydrogen (secondary N) is 1. The molecular weight excluding hydrogens is 599 g/mol. The number of alkyl halides is 3. The molecule has 230 valence electrons. The number of nitrogens with zero attached hydrogens (tertiary/aromatic N) is 6. The highest BCUT2D eigenvalue weighted by molar-refractivity contribution is 7.93. The monoisotopic (exact) mass is 627 g/mol. The van der Waals surface area contributed by atoms with Crippen molar-refractivity contribution in [3.8, 4) is 34.5 Å². The second-order valence-corrected chi connectivity index (χ2v) is 11.9. The van der Waals surface area contributed by atoms with Crippen LogP contribution in [0.4, 0.5) is 19.0 Å². The summed E-state index contributed by atoms with van der Waals surface area (Å²) in [5.41, 5.74) is -1.63. The third-order valence-corrected chi connectivity index (χ3v) is 8.38. The quantitative estimate of drug-likeness (QED) is 0.200. The van der Waals surface area contributed by atoms with Gasteiger partial charge in [0.1, 0.15) is 5.82 Å². The third-order valence-electron chi connectivity index (χ3n) is 6.80. The molecule has 0 aliphatic heterocycles. The Balaban J connectivity index is 1.25. The number of hydrogen-bond acceptors (Lipinski definition) is 10. The molecule has 5 rings (SSSR count). The molecule has 3 heterocycles. The Morgan fingerprint density at radius 3 is 2.34 bits per heavy atom. The Morgan fingerprint density at radius 1 is 1.00 bits per heavy atom. The van der Waals surface area contributed by atoms with Gasteiger partial charge in [-0.05, 0) is 66.6 Å². The van der Waals surface area contributed by atoms with Crippen LogP contribution in [0.15, 0.2) is 76.3 Å². The highest BCUT2D eigenvalue weighted by Crippen LogP contribution is 2.32. The molecule has 0 aliphatic rings. The van der Waals surface area contributed by atoms with Gasteiger partial charge in [-0.15, -0.1) is 0 Å². The number of pyridine rings is 1. The highest BCUT2D eigenvalue weighted by Gasteiger charge is 2.43. The molecular formula is C29H28F3N7O4S. The number of hydrogen-bond donors (Lipinski definition) is 1. The number of methoxy groups -OCH3 is 2. The molecule has 0 saturated carbocycles. The van der Waals surface area contributed by atoms with E-state index in [9.17, 15) is 17.4 Å². The second-order valence-electron chi connectivity index (χ2n) is 9.85. The van der Waals surface area contributed by atoms with Gasteiger partial charge in [-0.25, -0.2) is 14.0 Å². The minimum absolute atomic E-state index is 0.110. The molecule has 3 aromatic heterocycles. The zero-order chi connectivity index (χ0) is 31.6. The molecule has 0 aliphatic carbocycles. The Morgan fingerprint density at radius 2 is 1.70 bits per heavy atom. The predicted octanol–water partition coefficient (Wildman–Crippen LogP) is 5.93. The molecule has 5 aromatic rings. The molecule has 1 N–H and O–H groups in total. The number of aryl methyl sites for hydroxylation is 1. The molecule has 11 nitrogen and oxygen atoms in total. The number of halogens is 3. The van der Waals surface area contributed by atoms with Crippen LogP contribution in [0.2, 0.25) is 0 Å². The Labute approximate surface area is 251 Å². The topological polar surface area (TPSA) is 132 Å². The van der Waals surface area contributed by atoms with E-state index in [1.165, 1.54) is 12.1 Å². The van der Waals surface area contributed by atoms with Crippen LogP contribution in [-0.4, -0.2) is 55.9 Å². The van der Waals surface area contributed by atoms with Gasteiger partial charge in [0.2, 0.25) is 5.82 Å². The van der Waals surface area contributed by atoms with Gasteiger partial charge < -0.3 is 18.9 Å². The minimum atomic E-state index is -5.17. The van der Waals surface area contributed by atoms with E-state index in [0.29, 0.717) is 35.8 Å². The predicted molar refractivity (Wildman–Crippen MR) is 156 cm³/mol. The van der Waals surface area contributed by atoms with Gasteiger partial charge >= 0.3 is 5.51 Å². The fraction of sp³-hybridized carbons (Fsp3) is 0.241. The summed E-state index contributed by atoms with van der Waals surface area (Å²) < 4.78 is 75.7. The Hall–Kier alpha value is -4.92. The Kier molecular flexibility index (Phi) is 8.32. The van der Waals surface area contributed by atoms with Crippen LogP contribution in [0.1, 0.15) is 16.8 Å². The summed E-state index contributed by atoms with van der Waals surface area (Å²) in [6.45, 7) is 2.93. The molecule has 0 amide bonds. The first kappa shape index (κ1) is 30.5. The van der Waals surface area contributed by atoms with Gasteiger partial charge in [-0.2, -0.15) is 23.3 Å². The average Bonchev–Trinajstić information content (AvgIpc) is 3.64. The van der Waals surface area contributed by atoms with Gasteiger partial charge in [0, 0.05) is 31.0 Å². The van der Waals surface area contributed by atoms with Crippen molar-refractivity contribution >= 4 is 15.5 Å². The molecule has 1 atom stereocenters. The lowest BCUT2D eigenvalue weighted by Crippen LogP contribution is -2.21. The van der Waals surface area contributed by atoms with Crippen molar-refractivity contribution in [2.75, 3.05) is 26.2 Å². The molecule has 15 heteroatoms.